The maximum absolute atomic E-state index is 12.4. The van der Waals surface area contributed by atoms with Crippen molar-refractivity contribution in [2.45, 2.75) is 71.4 Å². The first-order valence-corrected chi connectivity index (χ1v) is 7.62. The summed E-state index contributed by atoms with van der Waals surface area (Å²) >= 11 is 0. The lowest BCUT2D eigenvalue weighted by atomic mass is 9.97. The molecule has 0 aromatic rings. The first-order chi connectivity index (χ1) is 9.30. The first kappa shape index (κ1) is 16.8. The summed E-state index contributed by atoms with van der Waals surface area (Å²) in [5.41, 5.74) is -1.19. The van der Waals surface area contributed by atoms with Gasteiger partial charge in [0.1, 0.15) is 5.54 Å². The van der Waals surface area contributed by atoms with Crippen LogP contribution in [0, 0.1) is 5.92 Å². The number of hydrogen-bond acceptors (Lipinski definition) is 2. The van der Waals surface area contributed by atoms with Crippen LogP contribution in [0.4, 0.5) is 4.79 Å². The summed E-state index contributed by atoms with van der Waals surface area (Å²) in [6.07, 6.45) is 5.67. The molecule has 1 aliphatic rings. The monoisotopic (exact) mass is 284 g/mol. The van der Waals surface area contributed by atoms with E-state index >= 15 is 0 Å². The van der Waals surface area contributed by atoms with Gasteiger partial charge in [-0.25, -0.2) is 9.59 Å². The van der Waals surface area contributed by atoms with Crippen molar-refractivity contribution in [2.75, 3.05) is 6.54 Å². The maximum Gasteiger partial charge on any atom is 0.329 e. The average molecular weight is 284 g/mol. The van der Waals surface area contributed by atoms with Gasteiger partial charge in [0, 0.05) is 12.6 Å². The van der Waals surface area contributed by atoms with Gasteiger partial charge in [0.2, 0.25) is 0 Å². The van der Waals surface area contributed by atoms with E-state index in [1.807, 2.05) is 0 Å². The standard InChI is InChI=1S/C15H28N2O3/c1-5-17(15(3,4)13(18)19)14(20)16-12-10-8-6-7-9-11(12)2/h11-12H,5-10H2,1-4H3,(H,16,20)(H,18,19). The molecule has 0 saturated heterocycles. The van der Waals surface area contributed by atoms with Crippen LogP contribution in [-0.4, -0.2) is 40.1 Å². The normalized spacial score (nSPS) is 23.8. The zero-order valence-electron chi connectivity index (χ0n) is 13.1. The fourth-order valence-electron chi connectivity index (χ4n) is 2.85. The Hall–Kier alpha value is -1.26. The van der Waals surface area contributed by atoms with Crippen LogP contribution in [0.2, 0.25) is 0 Å². The van der Waals surface area contributed by atoms with E-state index in [0.717, 1.165) is 19.3 Å². The number of carbonyl (C=O) groups excluding carboxylic acids is 1. The fourth-order valence-corrected chi connectivity index (χ4v) is 2.85. The summed E-state index contributed by atoms with van der Waals surface area (Å²) in [6.45, 7) is 7.48. The van der Waals surface area contributed by atoms with E-state index < -0.39 is 11.5 Å². The highest BCUT2D eigenvalue weighted by atomic mass is 16.4. The summed E-state index contributed by atoms with van der Waals surface area (Å²) in [4.78, 5) is 25.1. The molecule has 116 valence electrons. The highest BCUT2D eigenvalue weighted by molar-refractivity contribution is 5.85. The number of hydrogen-bond donors (Lipinski definition) is 2. The average Bonchev–Trinajstić information content (AvgIpc) is 2.55. The van der Waals surface area contributed by atoms with Crippen molar-refractivity contribution in [3.05, 3.63) is 0 Å². The van der Waals surface area contributed by atoms with Crippen LogP contribution in [0.3, 0.4) is 0 Å². The molecule has 0 aromatic heterocycles. The van der Waals surface area contributed by atoms with E-state index in [1.165, 1.54) is 17.7 Å². The van der Waals surface area contributed by atoms with E-state index in [2.05, 4.69) is 12.2 Å². The Balaban J connectivity index is 2.74. The number of nitrogens with one attached hydrogen (secondary N) is 1. The van der Waals surface area contributed by atoms with E-state index in [1.54, 1.807) is 20.8 Å². The molecule has 0 aliphatic heterocycles. The number of likely N-dealkylation sites (N-methyl/N-ethyl adjacent to an activating group) is 1. The first-order valence-electron chi connectivity index (χ1n) is 7.62. The summed E-state index contributed by atoms with van der Waals surface area (Å²) in [5, 5.41) is 12.3. The van der Waals surface area contributed by atoms with Crippen molar-refractivity contribution in [3.63, 3.8) is 0 Å². The number of aliphatic carboxylic acids is 1. The second-order valence-corrected chi connectivity index (χ2v) is 6.28. The molecule has 5 heteroatoms. The Morgan fingerprint density at radius 2 is 1.85 bits per heavy atom. The lowest BCUT2D eigenvalue weighted by Crippen LogP contribution is -2.58. The van der Waals surface area contributed by atoms with Crippen LogP contribution >= 0.6 is 0 Å². The quantitative estimate of drug-likeness (QED) is 0.780. The van der Waals surface area contributed by atoms with E-state index in [-0.39, 0.29) is 12.1 Å². The summed E-state index contributed by atoms with van der Waals surface area (Å²) in [5.74, 6) is -0.531. The molecule has 20 heavy (non-hydrogen) atoms. The third-order valence-electron chi connectivity index (χ3n) is 4.43. The topological polar surface area (TPSA) is 69.6 Å². The number of carboxylic acid groups (broad SMARTS) is 1. The van der Waals surface area contributed by atoms with Gasteiger partial charge >= 0.3 is 12.0 Å². The van der Waals surface area contributed by atoms with Crippen LogP contribution in [0.15, 0.2) is 0 Å². The second kappa shape index (κ2) is 6.95. The smallest absolute Gasteiger partial charge is 0.329 e. The predicted octanol–water partition coefficient (Wildman–Crippen LogP) is 2.85. The largest absolute Gasteiger partial charge is 0.480 e. The minimum atomic E-state index is -1.19. The fraction of sp³-hybridized carbons (Fsp3) is 0.867. The Morgan fingerprint density at radius 3 is 2.40 bits per heavy atom. The van der Waals surface area contributed by atoms with Gasteiger partial charge in [0.15, 0.2) is 0 Å². The number of carboxylic acids is 1. The van der Waals surface area contributed by atoms with Crippen molar-refractivity contribution in [3.8, 4) is 0 Å². The number of nitrogens with zero attached hydrogens (tertiary/aromatic N) is 1. The Kier molecular flexibility index (Phi) is 5.84. The molecule has 0 radical (unpaired) electrons. The summed E-state index contributed by atoms with van der Waals surface area (Å²) < 4.78 is 0. The number of rotatable bonds is 4. The molecule has 0 bridgehead atoms. The molecule has 0 aromatic carbocycles. The second-order valence-electron chi connectivity index (χ2n) is 6.28. The molecule has 1 saturated carbocycles. The van der Waals surface area contributed by atoms with Gasteiger partial charge in [0.05, 0.1) is 0 Å². The maximum atomic E-state index is 12.4. The Bertz CT molecular complexity index is 355. The van der Waals surface area contributed by atoms with Crippen LogP contribution in [-0.2, 0) is 4.79 Å². The van der Waals surface area contributed by atoms with Gasteiger partial charge in [-0.3, -0.25) is 0 Å². The molecular formula is C15H28N2O3. The molecule has 2 atom stereocenters. The summed E-state index contributed by atoms with van der Waals surface area (Å²) in [7, 11) is 0. The predicted molar refractivity (Wildman–Crippen MR) is 78.7 cm³/mol. The number of urea groups is 1. The van der Waals surface area contributed by atoms with Gasteiger partial charge in [-0.1, -0.05) is 26.2 Å². The van der Waals surface area contributed by atoms with Crippen molar-refractivity contribution in [1.82, 2.24) is 10.2 Å². The van der Waals surface area contributed by atoms with Gasteiger partial charge in [0.25, 0.3) is 0 Å². The zero-order valence-corrected chi connectivity index (χ0v) is 13.1. The van der Waals surface area contributed by atoms with Gasteiger partial charge < -0.3 is 15.3 Å². The van der Waals surface area contributed by atoms with Crippen molar-refractivity contribution in [2.24, 2.45) is 5.92 Å². The Morgan fingerprint density at radius 1 is 1.25 bits per heavy atom. The zero-order chi connectivity index (χ0) is 15.3. The van der Waals surface area contributed by atoms with Gasteiger partial charge in [-0.05, 0) is 39.5 Å². The van der Waals surface area contributed by atoms with E-state index in [4.69, 9.17) is 0 Å². The minimum Gasteiger partial charge on any atom is -0.480 e. The highest BCUT2D eigenvalue weighted by Gasteiger charge is 2.37. The molecule has 0 heterocycles. The molecule has 1 rings (SSSR count). The van der Waals surface area contributed by atoms with Crippen LogP contribution < -0.4 is 5.32 Å². The van der Waals surface area contributed by atoms with Crippen LogP contribution in [0.1, 0.15) is 59.8 Å². The summed E-state index contributed by atoms with van der Waals surface area (Å²) in [6, 6.07) is -0.109. The molecule has 1 aliphatic carbocycles. The lowest BCUT2D eigenvalue weighted by molar-refractivity contribution is -0.147. The van der Waals surface area contributed by atoms with E-state index in [9.17, 15) is 14.7 Å². The highest BCUT2D eigenvalue weighted by Crippen LogP contribution is 2.24. The molecule has 1 fully saturated rings. The van der Waals surface area contributed by atoms with Crippen LogP contribution in [0.25, 0.3) is 0 Å². The molecular weight excluding hydrogens is 256 g/mol. The SMILES string of the molecule is CCN(C(=O)NC1CCCCCC1C)C(C)(C)C(=O)O. The Labute approximate surface area is 121 Å². The third kappa shape index (κ3) is 3.87. The van der Waals surface area contributed by atoms with Gasteiger partial charge in [-0.15, -0.1) is 0 Å². The van der Waals surface area contributed by atoms with Crippen molar-refractivity contribution in [1.29, 1.82) is 0 Å². The van der Waals surface area contributed by atoms with Crippen molar-refractivity contribution < 1.29 is 14.7 Å². The molecule has 0 spiro atoms. The third-order valence-corrected chi connectivity index (χ3v) is 4.43. The van der Waals surface area contributed by atoms with Crippen molar-refractivity contribution >= 4 is 12.0 Å². The molecule has 2 amide bonds. The lowest BCUT2D eigenvalue weighted by Gasteiger charge is -2.36. The minimum absolute atomic E-state index is 0.156. The van der Waals surface area contributed by atoms with Crippen LogP contribution in [0.5, 0.6) is 0 Å². The number of carbonyl (C=O) groups is 2. The van der Waals surface area contributed by atoms with E-state index in [0.29, 0.717) is 12.5 Å². The number of amides is 2. The molecule has 5 nitrogen and oxygen atoms in total. The molecule has 2 unspecified atom stereocenters. The molecule has 2 N–H and O–H groups in total. The van der Waals surface area contributed by atoms with Gasteiger partial charge in [-0.2, -0.15) is 0 Å².